The average Bonchev–Trinajstić information content (AvgIpc) is 2.37. The first-order valence-corrected chi connectivity index (χ1v) is 3.83. The summed E-state index contributed by atoms with van der Waals surface area (Å²) < 4.78 is 38.3. The maximum atomic E-state index is 12.3. The van der Waals surface area contributed by atoms with E-state index in [9.17, 15) is 12.9 Å². The summed E-state index contributed by atoms with van der Waals surface area (Å²) >= 11 is 0. The molecular formula is C6H7BF3N2-. The van der Waals surface area contributed by atoms with Crippen molar-refractivity contribution in [2.45, 2.75) is 19.4 Å². The van der Waals surface area contributed by atoms with Crippen LogP contribution in [0.1, 0.15) is 12.1 Å². The first kappa shape index (κ1) is 7.70. The van der Waals surface area contributed by atoms with Crippen molar-refractivity contribution in [3.8, 4) is 0 Å². The van der Waals surface area contributed by atoms with E-state index in [0.717, 1.165) is 12.6 Å². The van der Waals surface area contributed by atoms with E-state index in [-0.39, 0.29) is 0 Å². The van der Waals surface area contributed by atoms with Gasteiger partial charge in [-0.3, -0.25) is 4.68 Å². The van der Waals surface area contributed by atoms with Crippen LogP contribution >= 0.6 is 0 Å². The van der Waals surface area contributed by atoms with Gasteiger partial charge in [0.05, 0.1) is 0 Å². The maximum absolute atomic E-state index is 12.3. The van der Waals surface area contributed by atoms with Crippen LogP contribution in [0.5, 0.6) is 0 Å². The minimum Gasteiger partial charge on any atom is -0.445 e. The van der Waals surface area contributed by atoms with E-state index in [0.29, 0.717) is 18.7 Å². The maximum Gasteiger partial charge on any atom is 0.512 e. The Morgan fingerprint density at radius 3 is 2.83 bits per heavy atom. The number of aryl methyl sites for hydroxylation is 1. The van der Waals surface area contributed by atoms with Crippen molar-refractivity contribution in [2.75, 3.05) is 0 Å². The second kappa shape index (κ2) is 2.28. The summed E-state index contributed by atoms with van der Waals surface area (Å²) in [4.78, 5) is 0. The van der Waals surface area contributed by atoms with E-state index in [4.69, 9.17) is 0 Å². The number of hydrogen-bond donors (Lipinski definition) is 0. The lowest BCUT2D eigenvalue weighted by atomic mass is 9.80. The summed E-state index contributed by atoms with van der Waals surface area (Å²) in [6.07, 6.45) is 2.23. The van der Waals surface area contributed by atoms with Crippen molar-refractivity contribution in [1.82, 2.24) is 9.78 Å². The minimum atomic E-state index is -4.86. The zero-order chi connectivity index (χ0) is 8.77. The van der Waals surface area contributed by atoms with Crippen LogP contribution in [0, 0.1) is 0 Å². The van der Waals surface area contributed by atoms with Crippen LogP contribution in [0.2, 0.25) is 0 Å². The number of nitrogens with zero attached hydrogens (tertiary/aromatic N) is 2. The van der Waals surface area contributed by atoms with Gasteiger partial charge in [0.15, 0.2) is 0 Å². The molecule has 0 N–H and O–H groups in total. The molecule has 0 fully saturated rings. The lowest BCUT2D eigenvalue weighted by molar-refractivity contribution is 0.500. The predicted octanol–water partition coefficient (Wildman–Crippen LogP) is 0.884. The van der Waals surface area contributed by atoms with Gasteiger partial charge in [-0.2, -0.15) is 5.10 Å². The van der Waals surface area contributed by atoms with Crippen LogP contribution < -0.4 is 5.46 Å². The largest absolute Gasteiger partial charge is 0.512 e. The average molecular weight is 175 g/mol. The molecular weight excluding hydrogens is 168 g/mol. The molecule has 1 aliphatic rings. The number of fused-ring (bicyclic) bond motifs is 1. The highest BCUT2D eigenvalue weighted by molar-refractivity contribution is 6.73. The van der Waals surface area contributed by atoms with Crippen molar-refractivity contribution < 1.29 is 12.9 Å². The Morgan fingerprint density at radius 2 is 2.17 bits per heavy atom. The standard InChI is InChI=1S/C6H7BF3N2/c8-7(9,10)5-4-11-12-3-1-2-6(5)12/h4H,1-3H2/q-1. The van der Waals surface area contributed by atoms with Crippen LogP contribution in [0.4, 0.5) is 12.9 Å². The van der Waals surface area contributed by atoms with Gasteiger partial charge in [0.2, 0.25) is 0 Å². The normalized spacial score (nSPS) is 16.6. The number of rotatable bonds is 1. The molecule has 0 atom stereocenters. The first-order chi connectivity index (χ1) is 5.59. The third kappa shape index (κ3) is 1.02. The van der Waals surface area contributed by atoms with Gasteiger partial charge in [-0.15, -0.1) is 0 Å². The van der Waals surface area contributed by atoms with Gasteiger partial charge >= 0.3 is 6.98 Å². The fraction of sp³-hybridized carbons (Fsp3) is 0.500. The highest BCUT2D eigenvalue weighted by atomic mass is 19.4. The third-order valence-corrected chi connectivity index (χ3v) is 2.12. The lowest BCUT2D eigenvalue weighted by Crippen LogP contribution is -2.35. The van der Waals surface area contributed by atoms with Gasteiger partial charge < -0.3 is 12.9 Å². The Bertz CT molecular complexity index is 304. The molecule has 2 rings (SSSR count). The first-order valence-electron chi connectivity index (χ1n) is 3.83. The highest BCUT2D eigenvalue weighted by Crippen LogP contribution is 2.17. The SMILES string of the molecule is F[B-](F)(F)c1cnn2c1CCC2. The summed E-state index contributed by atoms with van der Waals surface area (Å²) in [5.74, 6) is 0. The second-order valence-corrected chi connectivity index (χ2v) is 2.95. The van der Waals surface area contributed by atoms with Crippen molar-refractivity contribution in [3.05, 3.63) is 11.9 Å². The van der Waals surface area contributed by atoms with E-state index in [1.807, 2.05) is 0 Å². The number of halogens is 3. The van der Waals surface area contributed by atoms with Crippen molar-refractivity contribution >= 4 is 12.4 Å². The van der Waals surface area contributed by atoms with Crippen LogP contribution in [-0.2, 0) is 13.0 Å². The van der Waals surface area contributed by atoms with E-state index in [1.54, 1.807) is 0 Å². The Hall–Kier alpha value is -0.935. The van der Waals surface area contributed by atoms with E-state index in [2.05, 4.69) is 5.10 Å². The highest BCUT2D eigenvalue weighted by Gasteiger charge is 2.32. The molecule has 12 heavy (non-hydrogen) atoms. The van der Waals surface area contributed by atoms with Crippen LogP contribution in [0.3, 0.4) is 0 Å². The smallest absolute Gasteiger partial charge is 0.445 e. The molecule has 0 bridgehead atoms. The van der Waals surface area contributed by atoms with Crippen molar-refractivity contribution in [2.24, 2.45) is 0 Å². The summed E-state index contributed by atoms with van der Waals surface area (Å²) in [6, 6.07) is 0. The molecule has 66 valence electrons. The van der Waals surface area contributed by atoms with Gasteiger partial charge in [0.1, 0.15) is 0 Å². The van der Waals surface area contributed by atoms with Crippen LogP contribution in [0.25, 0.3) is 0 Å². The molecule has 6 heteroatoms. The molecule has 0 amide bonds. The van der Waals surface area contributed by atoms with Gasteiger partial charge in [-0.25, -0.2) is 0 Å². The summed E-state index contributed by atoms with van der Waals surface area (Å²) in [7, 11) is 0. The van der Waals surface area contributed by atoms with Gasteiger partial charge in [0.25, 0.3) is 0 Å². The summed E-state index contributed by atoms with van der Waals surface area (Å²) in [5, 5.41) is 3.68. The number of hydrogen-bond acceptors (Lipinski definition) is 1. The fourth-order valence-electron chi connectivity index (χ4n) is 1.56. The lowest BCUT2D eigenvalue weighted by Gasteiger charge is -2.13. The molecule has 1 aliphatic heterocycles. The van der Waals surface area contributed by atoms with Crippen molar-refractivity contribution in [1.29, 1.82) is 0 Å². The summed E-state index contributed by atoms with van der Waals surface area (Å²) in [6.45, 7) is -4.23. The Kier molecular flexibility index (Phi) is 1.46. The van der Waals surface area contributed by atoms with Crippen molar-refractivity contribution in [3.63, 3.8) is 0 Å². The molecule has 0 aliphatic carbocycles. The Balaban J connectivity index is 2.46. The quantitative estimate of drug-likeness (QED) is 0.579. The molecule has 0 spiro atoms. The Labute approximate surface area is 67.4 Å². The molecule has 0 saturated heterocycles. The van der Waals surface area contributed by atoms with Crippen LogP contribution in [0.15, 0.2) is 6.20 Å². The fourth-order valence-corrected chi connectivity index (χ4v) is 1.56. The topological polar surface area (TPSA) is 17.8 Å². The molecule has 1 aromatic rings. The van der Waals surface area contributed by atoms with E-state index < -0.39 is 12.4 Å². The molecule has 2 heterocycles. The molecule has 1 aromatic heterocycles. The zero-order valence-corrected chi connectivity index (χ0v) is 6.30. The molecule has 0 unspecified atom stereocenters. The van der Waals surface area contributed by atoms with Gasteiger partial charge in [-0.05, 0) is 12.8 Å². The van der Waals surface area contributed by atoms with Gasteiger partial charge in [0, 0.05) is 18.4 Å². The second-order valence-electron chi connectivity index (χ2n) is 2.95. The van der Waals surface area contributed by atoms with Gasteiger partial charge in [-0.1, -0.05) is 5.46 Å². The molecule has 0 saturated carbocycles. The van der Waals surface area contributed by atoms with Crippen LogP contribution in [-0.4, -0.2) is 16.8 Å². The molecule has 0 radical (unpaired) electrons. The Morgan fingerprint density at radius 1 is 1.42 bits per heavy atom. The predicted molar refractivity (Wildman–Crippen MR) is 39.3 cm³/mol. The van der Waals surface area contributed by atoms with E-state index in [1.165, 1.54) is 4.68 Å². The molecule has 2 nitrogen and oxygen atoms in total. The minimum absolute atomic E-state index is 0.363. The third-order valence-electron chi connectivity index (χ3n) is 2.12. The zero-order valence-electron chi connectivity index (χ0n) is 6.30. The monoisotopic (exact) mass is 175 g/mol. The number of aromatic nitrogens is 2. The molecule has 0 aromatic carbocycles. The summed E-state index contributed by atoms with van der Waals surface area (Å²) in [5.41, 5.74) is -0.144. The van der Waals surface area contributed by atoms with E-state index >= 15 is 0 Å².